The number of H-pyrrole nitrogens is 1. The highest BCUT2D eigenvalue weighted by atomic mass is 35.5. The molecule has 2 heterocycles. The van der Waals surface area contributed by atoms with Crippen molar-refractivity contribution in [1.82, 2.24) is 15.3 Å². The van der Waals surface area contributed by atoms with Crippen LogP contribution in [0.25, 0.3) is 0 Å². The lowest BCUT2D eigenvalue weighted by atomic mass is 10.3. The molecule has 4 nitrogen and oxygen atoms in total. The van der Waals surface area contributed by atoms with Gasteiger partial charge in [-0.25, -0.2) is 4.98 Å². The van der Waals surface area contributed by atoms with E-state index >= 15 is 0 Å². The van der Waals surface area contributed by atoms with E-state index in [9.17, 15) is 4.79 Å². The molecule has 0 bridgehead atoms. The molecule has 0 saturated heterocycles. The first kappa shape index (κ1) is 9.22. The molecule has 0 spiro atoms. The van der Waals surface area contributed by atoms with Gasteiger partial charge in [0.2, 0.25) is 0 Å². The largest absolute Gasteiger partial charge is 0.310 e. The minimum atomic E-state index is -0.00231. The number of halogens is 1. The van der Waals surface area contributed by atoms with E-state index in [4.69, 9.17) is 0 Å². The minimum Gasteiger partial charge on any atom is -0.310 e. The van der Waals surface area contributed by atoms with Crippen molar-refractivity contribution in [3.05, 3.63) is 27.4 Å². The molecular formula is C7H10ClN3O. The van der Waals surface area contributed by atoms with Crippen molar-refractivity contribution in [3.8, 4) is 0 Å². The predicted octanol–water partition coefficient (Wildman–Crippen LogP) is 0.103. The normalized spacial score (nSPS) is 13.8. The Hall–Kier alpha value is -0.870. The van der Waals surface area contributed by atoms with Crippen LogP contribution in [-0.4, -0.2) is 9.97 Å². The molecule has 0 saturated carbocycles. The fraction of sp³-hybridized carbons (Fsp3) is 0.429. The van der Waals surface area contributed by atoms with E-state index in [1.165, 1.54) is 0 Å². The summed E-state index contributed by atoms with van der Waals surface area (Å²) in [6, 6.07) is 0. The Morgan fingerprint density at radius 2 is 2.17 bits per heavy atom. The molecule has 0 aliphatic carbocycles. The van der Waals surface area contributed by atoms with Crippen LogP contribution in [-0.2, 0) is 13.1 Å². The second kappa shape index (κ2) is 3.25. The van der Waals surface area contributed by atoms with Crippen LogP contribution in [0.1, 0.15) is 17.1 Å². The first-order chi connectivity index (χ1) is 5.27. The van der Waals surface area contributed by atoms with E-state index in [1.807, 2.05) is 0 Å². The Bertz CT molecular complexity index is 347. The molecule has 0 fully saturated rings. The van der Waals surface area contributed by atoms with Crippen LogP contribution in [0, 0.1) is 6.92 Å². The maximum Gasteiger partial charge on any atom is 0.255 e. The molecule has 0 radical (unpaired) electrons. The summed E-state index contributed by atoms with van der Waals surface area (Å²) in [7, 11) is 0. The lowest BCUT2D eigenvalue weighted by molar-refractivity contribution is 0.756. The third kappa shape index (κ3) is 1.35. The Balaban J connectivity index is 0.000000720. The lowest BCUT2D eigenvalue weighted by Crippen LogP contribution is -2.15. The van der Waals surface area contributed by atoms with Crippen LogP contribution in [0.4, 0.5) is 0 Å². The average Bonchev–Trinajstić information content (AvgIpc) is 2.34. The second-order valence-electron chi connectivity index (χ2n) is 2.68. The maximum atomic E-state index is 11.2. The molecule has 2 rings (SSSR count). The number of rotatable bonds is 0. The van der Waals surface area contributed by atoms with Gasteiger partial charge in [-0.15, -0.1) is 12.4 Å². The van der Waals surface area contributed by atoms with Crippen molar-refractivity contribution in [2.24, 2.45) is 0 Å². The number of hydrogen-bond acceptors (Lipinski definition) is 3. The van der Waals surface area contributed by atoms with Crippen molar-refractivity contribution < 1.29 is 0 Å². The van der Waals surface area contributed by atoms with Gasteiger partial charge in [-0.3, -0.25) is 4.79 Å². The van der Waals surface area contributed by atoms with Gasteiger partial charge < -0.3 is 10.3 Å². The van der Waals surface area contributed by atoms with Crippen LogP contribution >= 0.6 is 12.4 Å². The fourth-order valence-corrected chi connectivity index (χ4v) is 1.30. The Kier molecular flexibility index (Phi) is 2.49. The number of hydrogen-bond donors (Lipinski definition) is 2. The van der Waals surface area contributed by atoms with Gasteiger partial charge in [0.1, 0.15) is 5.82 Å². The number of nitrogens with zero attached hydrogens (tertiary/aromatic N) is 1. The summed E-state index contributed by atoms with van der Waals surface area (Å²) in [6.45, 7) is 3.16. The molecule has 0 unspecified atom stereocenters. The molecule has 2 N–H and O–H groups in total. The van der Waals surface area contributed by atoms with Crippen LogP contribution in [0.5, 0.6) is 0 Å². The highest BCUT2D eigenvalue weighted by Crippen LogP contribution is 2.06. The number of nitrogens with one attached hydrogen (secondary N) is 2. The Morgan fingerprint density at radius 3 is 2.92 bits per heavy atom. The van der Waals surface area contributed by atoms with E-state index in [1.54, 1.807) is 6.92 Å². The average molecular weight is 188 g/mol. The Labute approximate surface area is 75.8 Å². The van der Waals surface area contributed by atoms with Gasteiger partial charge in [0.15, 0.2) is 0 Å². The van der Waals surface area contributed by atoms with Gasteiger partial charge in [0.05, 0.1) is 11.3 Å². The standard InChI is InChI=1S/C7H9N3O.ClH/c1-4-9-6-3-8-2-5(6)7(11)10-4;/h8H,2-3H2,1H3,(H,9,10,11);1H. The molecule has 12 heavy (non-hydrogen) atoms. The Morgan fingerprint density at radius 1 is 1.42 bits per heavy atom. The van der Waals surface area contributed by atoms with E-state index in [0.29, 0.717) is 12.4 Å². The first-order valence-corrected chi connectivity index (χ1v) is 3.57. The summed E-state index contributed by atoms with van der Waals surface area (Å²) >= 11 is 0. The smallest absolute Gasteiger partial charge is 0.255 e. The topological polar surface area (TPSA) is 57.8 Å². The fourth-order valence-electron chi connectivity index (χ4n) is 1.30. The number of fused-ring (bicyclic) bond motifs is 1. The summed E-state index contributed by atoms with van der Waals surface area (Å²) in [5.74, 6) is 0.692. The highest BCUT2D eigenvalue weighted by molar-refractivity contribution is 5.85. The molecule has 0 aromatic carbocycles. The zero-order valence-corrected chi connectivity index (χ0v) is 7.49. The van der Waals surface area contributed by atoms with Crippen molar-refractivity contribution in [2.45, 2.75) is 20.0 Å². The molecule has 0 atom stereocenters. The van der Waals surface area contributed by atoms with Crippen LogP contribution in [0.3, 0.4) is 0 Å². The van der Waals surface area contributed by atoms with Crippen LogP contribution in [0.15, 0.2) is 4.79 Å². The first-order valence-electron chi connectivity index (χ1n) is 3.57. The van der Waals surface area contributed by atoms with Crippen LogP contribution < -0.4 is 10.9 Å². The van der Waals surface area contributed by atoms with E-state index in [-0.39, 0.29) is 18.0 Å². The monoisotopic (exact) mass is 187 g/mol. The number of aryl methyl sites for hydroxylation is 1. The third-order valence-corrected chi connectivity index (χ3v) is 1.81. The third-order valence-electron chi connectivity index (χ3n) is 1.81. The molecule has 1 aliphatic rings. The molecular weight excluding hydrogens is 178 g/mol. The van der Waals surface area contributed by atoms with E-state index in [0.717, 1.165) is 17.8 Å². The number of aromatic amines is 1. The van der Waals surface area contributed by atoms with Gasteiger partial charge in [0.25, 0.3) is 5.56 Å². The molecule has 0 amide bonds. The molecule has 1 aromatic rings. The van der Waals surface area contributed by atoms with Crippen molar-refractivity contribution in [3.63, 3.8) is 0 Å². The zero-order valence-electron chi connectivity index (χ0n) is 6.68. The molecule has 1 aliphatic heterocycles. The summed E-state index contributed by atoms with van der Waals surface area (Å²) < 4.78 is 0. The van der Waals surface area contributed by atoms with Crippen molar-refractivity contribution >= 4 is 12.4 Å². The zero-order chi connectivity index (χ0) is 7.84. The molecule has 1 aromatic heterocycles. The van der Waals surface area contributed by atoms with Gasteiger partial charge in [0, 0.05) is 13.1 Å². The summed E-state index contributed by atoms with van der Waals surface area (Å²) in [5.41, 5.74) is 1.68. The SMILES string of the molecule is Cc1nc2c(c(=O)[nH]1)CNC2.Cl. The van der Waals surface area contributed by atoms with Gasteiger partial charge >= 0.3 is 0 Å². The quantitative estimate of drug-likeness (QED) is 0.606. The summed E-state index contributed by atoms with van der Waals surface area (Å²) in [6.07, 6.45) is 0. The molecule has 66 valence electrons. The maximum absolute atomic E-state index is 11.2. The van der Waals surface area contributed by atoms with Gasteiger partial charge in [-0.05, 0) is 6.92 Å². The van der Waals surface area contributed by atoms with E-state index in [2.05, 4.69) is 15.3 Å². The van der Waals surface area contributed by atoms with Crippen LogP contribution in [0.2, 0.25) is 0 Å². The minimum absolute atomic E-state index is 0. The summed E-state index contributed by atoms with van der Waals surface area (Å²) in [4.78, 5) is 18.1. The van der Waals surface area contributed by atoms with Crippen molar-refractivity contribution in [1.29, 1.82) is 0 Å². The molecule has 5 heteroatoms. The second-order valence-corrected chi connectivity index (χ2v) is 2.68. The highest BCUT2D eigenvalue weighted by Gasteiger charge is 2.14. The lowest BCUT2D eigenvalue weighted by Gasteiger charge is -1.96. The number of aromatic nitrogens is 2. The van der Waals surface area contributed by atoms with Crippen molar-refractivity contribution in [2.75, 3.05) is 0 Å². The van der Waals surface area contributed by atoms with Gasteiger partial charge in [-0.2, -0.15) is 0 Å². The predicted molar refractivity (Wildman–Crippen MR) is 47.4 cm³/mol. The summed E-state index contributed by atoms with van der Waals surface area (Å²) in [5, 5.41) is 3.07. The van der Waals surface area contributed by atoms with E-state index < -0.39 is 0 Å². The van der Waals surface area contributed by atoms with Gasteiger partial charge in [-0.1, -0.05) is 0 Å².